The van der Waals surface area contributed by atoms with Crippen LogP contribution in [-0.4, -0.2) is 18.3 Å². The Morgan fingerprint density at radius 3 is 3.18 bits per heavy atom. The average molecular weight is 250 g/mol. The Balaban J connectivity index is 1.85. The average Bonchev–Trinajstić information content (AvgIpc) is 2.34. The zero-order valence-electron chi connectivity index (χ0n) is 10.5. The zero-order valence-corrected chi connectivity index (χ0v) is 11.4. The summed E-state index contributed by atoms with van der Waals surface area (Å²) < 4.78 is 0. The number of fused-ring (bicyclic) bond motifs is 1. The molecule has 0 aromatic heterocycles. The highest BCUT2D eigenvalue weighted by molar-refractivity contribution is 7.99. The minimum Gasteiger partial charge on any atom is -0.385 e. The maximum Gasteiger partial charge on any atom is 0.0343 e. The molecule has 1 aliphatic heterocycles. The first-order valence-corrected chi connectivity index (χ1v) is 7.49. The molecule has 2 nitrogen and oxygen atoms in total. The van der Waals surface area contributed by atoms with E-state index in [4.69, 9.17) is 5.73 Å². The van der Waals surface area contributed by atoms with Crippen LogP contribution in [0.4, 0.5) is 5.69 Å². The van der Waals surface area contributed by atoms with Crippen molar-refractivity contribution in [2.45, 2.75) is 43.5 Å². The molecule has 0 radical (unpaired) electrons. The lowest BCUT2D eigenvalue weighted by Crippen LogP contribution is -2.16. The Morgan fingerprint density at radius 2 is 2.35 bits per heavy atom. The van der Waals surface area contributed by atoms with E-state index in [1.807, 2.05) is 11.8 Å². The summed E-state index contributed by atoms with van der Waals surface area (Å²) in [5.74, 6) is 1.27. The monoisotopic (exact) mass is 250 g/mol. The van der Waals surface area contributed by atoms with E-state index in [1.165, 1.54) is 34.7 Å². The molecule has 1 heterocycles. The van der Waals surface area contributed by atoms with Crippen molar-refractivity contribution in [2.24, 2.45) is 5.73 Å². The summed E-state index contributed by atoms with van der Waals surface area (Å²) in [5, 5.41) is 3.49. The van der Waals surface area contributed by atoms with Gasteiger partial charge in [-0.1, -0.05) is 0 Å². The highest BCUT2D eigenvalue weighted by Crippen LogP contribution is 2.31. The van der Waals surface area contributed by atoms with Crippen molar-refractivity contribution < 1.29 is 0 Å². The molecule has 1 aromatic rings. The summed E-state index contributed by atoms with van der Waals surface area (Å²) in [7, 11) is 0. The van der Waals surface area contributed by atoms with Crippen molar-refractivity contribution in [2.75, 3.05) is 17.6 Å². The smallest absolute Gasteiger partial charge is 0.0343 e. The molecule has 1 aliphatic rings. The molecule has 17 heavy (non-hydrogen) atoms. The standard InChI is InChI=1S/C14H22N2S/c1-11(15)4-2-8-16-13-6-7-14-12(10-13)5-3-9-17-14/h6-7,10-11,16H,2-5,8-9,15H2,1H3. The molecule has 1 atom stereocenters. The van der Waals surface area contributed by atoms with Gasteiger partial charge in [0.05, 0.1) is 0 Å². The van der Waals surface area contributed by atoms with Gasteiger partial charge >= 0.3 is 0 Å². The Kier molecular flexibility index (Phi) is 4.75. The maximum atomic E-state index is 5.73. The van der Waals surface area contributed by atoms with Crippen LogP contribution in [0.2, 0.25) is 0 Å². The first kappa shape index (κ1) is 12.8. The van der Waals surface area contributed by atoms with Gasteiger partial charge in [0.15, 0.2) is 0 Å². The van der Waals surface area contributed by atoms with Crippen molar-refractivity contribution in [3.05, 3.63) is 23.8 Å². The molecule has 94 valence electrons. The normalized spacial score (nSPS) is 16.4. The molecule has 0 bridgehead atoms. The van der Waals surface area contributed by atoms with E-state index in [1.54, 1.807) is 0 Å². The summed E-state index contributed by atoms with van der Waals surface area (Å²) in [6.45, 7) is 3.09. The van der Waals surface area contributed by atoms with E-state index in [2.05, 4.69) is 30.4 Å². The SMILES string of the molecule is CC(N)CCCNc1ccc2c(c1)CCCS2. The topological polar surface area (TPSA) is 38.0 Å². The van der Waals surface area contributed by atoms with Gasteiger partial charge in [0.25, 0.3) is 0 Å². The lowest BCUT2D eigenvalue weighted by Gasteiger charge is -2.16. The summed E-state index contributed by atoms with van der Waals surface area (Å²) in [4.78, 5) is 1.47. The Morgan fingerprint density at radius 1 is 1.47 bits per heavy atom. The lowest BCUT2D eigenvalue weighted by molar-refractivity contribution is 0.639. The third kappa shape index (κ3) is 3.93. The van der Waals surface area contributed by atoms with E-state index < -0.39 is 0 Å². The third-order valence-corrected chi connectivity index (χ3v) is 4.28. The molecule has 0 spiro atoms. The Hall–Kier alpha value is -0.670. The van der Waals surface area contributed by atoms with Gasteiger partial charge < -0.3 is 11.1 Å². The van der Waals surface area contributed by atoms with Gasteiger partial charge in [-0.2, -0.15) is 0 Å². The highest BCUT2D eigenvalue weighted by atomic mass is 32.2. The molecule has 0 saturated carbocycles. The lowest BCUT2D eigenvalue weighted by atomic mass is 10.1. The predicted molar refractivity (Wildman–Crippen MR) is 76.9 cm³/mol. The number of aryl methyl sites for hydroxylation is 1. The fourth-order valence-corrected chi connectivity index (χ4v) is 3.15. The fraction of sp³-hybridized carbons (Fsp3) is 0.571. The van der Waals surface area contributed by atoms with Crippen LogP contribution in [0.1, 0.15) is 31.7 Å². The summed E-state index contributed by atoms with van der Waals surface area (Å²) in [6.07, 6.45) is 4.78. The molecule has 1 aromatic carbocycles. The highest BCUT2D eigenvalue weighted by Gasteiger charge is 2.09. The molecule has 1 unspecified atom stereocenters. The van der Waals surface area contributed by atoms with Gasteiger partial charge in [0, 0.05) is 23.2 Å². The molecule has 3 heteroatoms. The molecule has 3 N–H and O–H groups in total. The number of nitrogens with two attached hydrogens (primary N) is 1. The molecule has 0 amide bonds. The number of nitrogens with one attached hydrogen (secondary N) is 1. The second kappa shape index (κ2) is 6.31. The summed E-state index contributed by atoms with van der Waals surface area (Å²) in [6, 6.07) is 7.08. The number of rotatable bonds is 5. The van der Waals surface area contributed by atoms with Crippen LogP contribution >= 0.6 is 11.8 Å². The number of benzene rings is 1. The quantitative estimate of drug-likeness (QED) is 0.788. The van der Waals surface area contributed by atoms with E-state index in [0.717, 1.165) is 19.4 Å². The van der Waals surface area contributed by atoms with Crippen molar-refractivity contribution in [1.29, 1.82) is 0 Å². The summed E-state index contributed by atoms with van der Waals surface area (Å²) in [5.41, 5.74) is 8.51. The molecule has 0 saturated heterocycles. The number of anilines is 1. The molecular weight excluding hydrogens is 228 g/mol. The van der Waals surface area contributed by atoms with Crippen molar-refractivity contribution in [3.63, 3.8) is 0 Å². The Bertz CT molecular complexity index is 363. The van der Waals surface area contributed by atoms with Crippen molar-refractivity contribution in [3.8, 4) is 0 Å². The first-order valence-electron chi connectivity index (χ1n) is 6.51. The Labute approximate surface area is 108 Å². The molecule has 0 aliphatic carbocycles. The molecule has 2 rings (SSSR count). The van der Waals surface area contributed by atoms with Crippen LogP contribution in [0.3, 0.4) is 0 Å². The van der Waals surface area contributed by atoms with Gasteiger partial charge in [0.1, 0.15) is 0 Å². The van der Waals surface area contributed by atoms with Crippen molar-refractivity contribution in [1.82, 2.24) is 0 Å². The molecular formula is C14H22N2S. The second-order valence-corrected chi connectivity index (χ2v) is 5.96. The van der Waals surface area contributed by atoms with Crippen LogP contribution in [-0.2, 0) is 6.42 Å². The number of thioether (sulfide) groups is 1. The van der Waals surface area contributed by atoms with Crippen molar-refractivity contribution >= 4 is 17.4 Å². The number of hydrogen-bond donors (Lipinski definition) is 2. The van der Waals surface area contributed by atoms with Gasteiger partial charge in [-0.05, 0) is 62.1 Å². The fourth-order valence-electron chi connectivity index (χ4n) is 2.13. The van der Waals surface area contributed by atoms with E-state index in [-0.39, 0.29) is 0 Å². The van der Waals surface area contributed by atoms with Crippen LogP contribution < -0.4 is 11.1 Å². The van der Waals surface area contributed by atoms with Crippen LogP contribution in [0.5, 0.6) is 0 Å². The second-order valence-electron chi connectivity index (χ2n) is 4.82. The van der Waals surface area contributed by atoms with Gasteiger partial charge in [-0.25, -0.2) is 0 Å². The summed E-state index contributed by atoms with van der Waals surface area (Å²) >= 11 is 1.99. The molecule has 0 fully saturated rings. The van der Waals surface area contributed by atoms with Crippen LogP contribution in [0.25, 0.3) is 0 Å². The van der Waals surface area contributed by atoms with Gasteiger partial charge in [0.2, 0.25) is 0 Å². The maximum absolute atomic E-state index is 5.73. The number of hydrogen-bond acceptors (Lipinski definition) is 3. The van der Waals surface area contributed by atoms with Gasteiger partial charge in [-0.15, -0.1) is 11.8 Å². The third-order valence-electron chi connectivity index (χ3n) is 3.07. The van der Waals surface area contributed by atoms with Gasteiger partial charge in [-0.3, -0.25) is 0 Å². The minimum atomic E-state index is 0.316. The predicted octanol–water partition coefficient (Wildman–Crippen LogP) is 3.26. The largest absolute Gasteiger partial charge is 0.385 e. The minimum absolute atomic E-state index is 0.316. The first-order chi connectivity index (χ1) is 8.25. The van der Waals surface area contributed by atoms with E-state index in [9.17, 15) is 0 Å². The van der Waals surface area contributed by atoms with Crippen LogP contribution in [0.15, 0.2) is 23.1 Å². The van der Waals surface area contributed by atoms with Crippen LogP contribution in [0, 0.1) is 0 Å². The van der Waals surface area contributed by atoms with E-state index >= 15 is 0 Å². The zero-order chi connectivity index (χ0) is 12.1. The van der Waals surface area contributed by atoms with E-state index in [0.29, 0.717) is 6.04 Å².